The molecule has 2 fully saturated rings. The highest BCUT2D eigenvalue weighted by Crippen LogP contribution is 2.62. The molecule has 3 aromatic carbocycles. The first-order valence-corrected chi connectivity index (χ1v) is 14.8. The van der Waals surface area contributed by atoms with Crippen molar-refractivity contribution in [2.45, 2.75) is 37.3 Å². The van der Waals surface area contributed by atoms with Gasteiger partial charge in [0.2, 0.25) is 11.8 Å². The summed E-state index contributed by atoms with van der Waals surface area (Å²) in [5.41, 5.74) is -0.0243. The van der Waals surface area contributed by atoms with Crippen LogP contribution in [0.5, 0.6) is 11.5 Å². The first-order valence-electron chi connectivity index (χ1n) is 14.4. The van der Waals surface area contributed by atoms with Crippen LogP contribution in [0, 0.1) is 5.92 Å². The minimum absolute atomic E-state index is 0.0617. The van der Waals surface area contributed by atoms with Gasteiger partial charge >= 0.3 is 11.4 Å². The summed E-state index contributed by atoms with van der Waals surface area (Å²) in [5.74, 6) is -2.34. The summed E-state index contributed by atoms with van der Waals surface area (Å²) in [5, 5.41) is 11.0. The van der Waals surface area contributed by atoms with Crippen LogP contribution in [-0.4, -0.2) is 37.5 Å². The molecule has 1 aromatic heterocycles. The summed E-state index contributed by atoms with van der Waals surface area (Å²) in [4.78, 5) is 57.4. The van der Waals surface area contributed by atoms with Crippen LogP contribution in [0.25, 0.3) is 0 Å². The molecule has 1 saturated heterocycles. The van der Waals surface area contributed by atoms with Crippen LogP contribution >= 0.6 is 11.6 Å². The molecule has 2 aliphatic heterocycles. The molecule has 1 aliphatic carbocycles. The number of ether oxygens (including phenoxy) is 1. The van der Waals surface area contributed by atoms with E-state index in [0.717, 1.165) is 10.1 Å². The number of rotatable bonds is 5. The summed E-state index contributed by atoms with van der Waals surface area (Å²) < 4.78 is 9.60. The Morgan fingerprint density at radius 3 is 2.48 bits per heavy atom. The van der Waals surface area contributed by atoms with Crippen molar-refractivity contribution in [3.8, 4) is 11.5 Å². The fourth-order valence-electron chi connectivity index (χ4n) is 7.47. The number of carbonyl (C=O) groups is 2. The largest absolute Gasteiger partial charge is 0.504 e. The maximum absolute atomic E-state index is 15.1. The van der Waals surface area contributed by atoms with Gasteiger partial charge in [0.05, 0.1) is 36.2 Å². The van der Waals surface area contributed by atoms with E-state index in [-0.39, 0.29) is 24.5 Å². The maximum atomic E-state index is 15.1. The number of carbonyl (C=O) groups excluding carboxylic acids is 2. The van der Waals surface area contributed by atoms with Crippen LogP contribution in [0.2, 0.25) is 5.02 Å². The Hall–Kier alpha value is -4.83. The lowest BCUT2D eigenvalue weighted by Crippen LogP contribution is -2.53. The second kappa shape index (κ2) is 10.1. The molecule has 0 unspecified atom stereocenters. The third-order valence-corrected chi connectivity index (χ3v) is 9.47. The molecule has 0 radical (unpaired) electrons. The van der Waals surface area contributed by atoms with Gasteiger partial charge < -0.3 is 9.84 Å². The van der Waals surface area contributed by atoms with Crippen LogP contribution in [0.4, 0.5) is 5.69 Å². The van der Waals surface area contributed by atoms with E-state index in [1.807, 2.05) is 36.4 Å². The van der Waals surface area contributed by atoms with Crippen LogP contribution in [-0.2, 0) is 28.6 Å². The van der Waals surface area contributed by atoms with Crippen molar-refractivity contribution in [3.63, 3.8) is 0 Å². The van der Waals surface area contributed by atoms with E-state index in [1.54, 1.807) is 43.3 Å². The average molecular weight is 613 g/mol. The second-order valence-electron chi connectivity index (χ2n) is 11.3. The average Bonchev–Trinajstić information content (AvgIpc) is 3.39. The van der Waals surface area contributed by atoms with Crippen molar-refractivity contribution in [2.24, 2.45) is 13.0 Å². The smallest absolute Gasteiger partial charge is 0.347 e. The molecule has 1 saturated carbocycles. The Morgan fingerprint density at radius 1 is 0.977 bits per heavy atom. The Labute approximate surface area is 257 Å². The summed E-state index contributed by atoms with van der Waals surface area (Å²) in [7, 11) is 1.43. The zero-order valence-corrected chi connectivity index (χ0v) is 24.8. The van der Waals surface area contributed by atoms with E-state index in [2.05, 4.69) is 0 Å². The van der Waals surface area contributed by atoms with E-state index < -0.39 is 46.5 Å². The fraction of sp³-hybridized carbons (Fsp3) is 0.273. The number of aromatic nitrogens is 3. The summed E-state index contributed by atoms with van der Waals surface area (Å²) in [6, 6.07) is 20.1. The van der Waals surface area contributed by atoms with Gasteiger partial charge in [0.1, 0.15) is 0 Å². The monoisotopic (exact) mass is 612 g/mol. The first kappa shape index (κ1) is 28.0. The number of nitrogens with zero attached hydrogens (tertiary/aromatic N) is 4. The van der Waals surface area contributed by atoms with Gasteiger partial charge in [0, 0.05) is 18.0 Å². The number of hydrogen-bond donors (Lipinski definition) is 1. The molecule has 7 rings (SSSR count). The standard InChI is InChI=1S/C33H29ClN4O6/c1-3-44-27-16-19(12-13-26(27)39)28-23-14-15-36-31(42)35(2)32(43)38(36)25(23)18-24-29(40)37(22-11-7-10-21(34)17-22)30(41)33(24,28)20-8-5-4-6-9-20/h4-14,16-17,24-25,28,39H,3,15,18H2,1-2H3/t24-,25+,28-,33+/m0/s1. The molecular formula is C33H29ClN4O6. The number of imide groups is 1. The van der Waals surface area contributed by atoms with Gasteiger partial charge in [-0.05, 0) is 60.4 Å². The molecule has 4 aromatic rings. The third-order valence-electron chi connectivity index (χ3n) is 9.24. The number of allylic oxidation sites excluding steroid dienone is 2. The van der Waals surface area contributed by atoms with Gasteiger partial charge in [-0.25, -0.2) is 28.4 Å². The third kappa shape index (κ3) is 3.73. The van der Waals surface area contributed by atoms with Crippen molar-refractivity contribution in [2.75, 3.05) is 11.5 Å². The Kier molecular flexibility index (Phi) is 6.44. The molecule has 0 bridgehead atoms. The van der Waals surface area contributed by atoms with Crippen molar-refractivity contribution in [1.82, 2.24) is 13.9 Å². The molecule has 44 heavy (non-hydrogen) atoms. The fourth-order valence-corrected chi connectivity index (χ4v) is 7.66. The van der Waals surface area contributed by atoms with Crippen molar-refractivity contribution >= 4 is 29.1 Å². The Bertz CT molecular complexity index is 1990. The van der Waals surface area contributed by atoms with Gasteiger partial charge in [-0.3, -0.25) is 9.59 Å². The van der Waals surface area contributed by atoms with E-state index in [4.69, 9.17) is 16.3 Å². The lowest BCUT2D eigenvalue weighted by Gasteiger charge is -2.49. The zero-order valence-electron chi connectivity index (χ0n) is 24.0. The summed E-state index contributed by atoms with van der Waals surface area (Å²) >= 11 is 6.33. The van der Waals surface area contributed by atoms with Crippen LogP contribution in [0.1, 0.15) is 36.4 Å². The number of halogens is 1. The predicted octanol–water partition coefficient (Wildman–Crippen LogP) is 3.90. The normalized spacial score (nSPS) is 24.0. The van der Waals surface area contributed by atoms with E-state index in [1.165, 1.54) is 27.4 Å². The number of aromatic hydroxyl groups is 1. The Morgan fingerprint density at radius 2 is 1.75 bits per heavy atom. The van der Waals surface area contributed by atoms with E-state index >= 15 is 4.79 Å². The van der Waals surface area contributed by atoms with Crippen molar-refractivity contribution in [1.29, 1.82) is 0 Å². The van der Waals surface area contributed by atoms with Crippen LogP contribution < -0.4 is 21.0 Å². The summed E-state index contributed by atoms with van der Waals surface area (Å²) in [6.45, 7) is 2.21. The lowest BCUT2D eigenvalue weighted by atomic mass is 9.53. The highest BCUT2D eigenvalue weighted by Gasteiger charge is 2.68. The topological polar surface area (TPSA) is 116 Å². The Balaban J connectivity index is 1.55. The quantitative estimate of drug-likeness (QED) is 0.270. The SMILES string of the molecule is CCOc1cc([C@H]2C3=CCn4c(=O)n(C)c(=O)n4[C@@H]3C[C@H]3C(=O)N(c4cccc(Cl)c4)C(=O)[C@@]23c2ccccc2)ccc1O. The molecule has 1 N–H and O–H groups in total. The molecule has 3 heterocycles. The summed E-state index contributed by atoms with van der Waals surface area (Å²) in [6.07, 6.45) is 2.00. The number of benzene rings is 3. The van der Waals surface area contributed by atoms with Gasteiger partial charge in [0.25, 0.3) is 0 Å². The van der Waals surface area contributed by atoms with Gasteiger partial charge in [-0.15, -0.1) is 0 Å². The molecular weight excluding hydrogens is 584 g/mol. The number of hydrogen-bond acceptors (Lipinski definition) is 6. The molecule has 3 aliphatic rings. The number of anilines is 1. The van der Waals surface area contributed by atoms with E-state index in [9.17, 15) is 19.5 Å². The minimum Gasteiger partial charge on any atom is -0.504 e. The van der Waals surface area contributed by atoms with Crippen molar-refractivity contribution < 1.29 is 19.4 Å². The lowest BCUT2D eigenvalue weighted by molar-refractivity contribution is -0.124. The zero-order chi connectivity index (χ0) is 30.9. The molecule has 224 valence electrons. The van der Waals surface area contributed by atoms with Crippen LogP contribution in [0.3, 0.4) is 0 Å². The molecule has 11 heteroatoms. The van der Waals surface area contributed by atoms with Gasteiger partial charge in [-0.2, -0.15) is 0 Å². The minimum atomic E-state index is -1.43. The van der Waals surface area contributed by atoms with E-state index in [0.29, 0.717) is 28.4 Å². The van der Waals surface area contributed by atoms with Gasteiger partial charge in [-0.1, -0.05) is 60.1 Å². The molecule has 10 nitrogen and oxygen atoms in total. The molecule has 4 atom stereocenters. The van der Waals surface area contributed by atoms with Crippen molar-refractivity contribution in [3.05, 3.63) is 122 Å². The molecule has 2 amide bonds. The second-order valence-corrected chi connectivity index (χ2v) is 11.8. The number of amides is 2. The first-order chi connectivity index (χ1) is 21.2. The number of phenolic OH excluding ortho intramolecular Hbond substituents is 1. The highest BCUT2D eigenvalue weighted by molar-refractivity contribution is 6.32. The number of fused-ring (bicyclic) bond motifs is 4. The number of phenols is 1. The molecule has 0 spiro atoms. The predicted molar refractivity (Wildman–Crippen MR) is 163 cm³/mol. The maximum Gasteiger partial charge on any atom is 0.347 e. The van der Waals surface area contributed by atoms with Crippen LogP contribution in [0.15, 0.2) is 94.0 Å². The highest BCUT2D eigenvalue weighted by atomic mass is 35.5. The van der Waals surface area contributed by atoms with Gasteiger partial charge in [0.15, 0.2) is 11.5 Å².